The topological polar surface area (TPSA) is 56.5 Å². The fourth-order valence-electron chi connectivity index (χ4n) is 2.37. The fraction of sp³-hybridized carbons (Fsp3) is 0.375. The number of hydrogen-bond donors (Lipinski definition) is 0. The Hall–Kier alpha value is -1.81. The van der Waals surface area contributed by atoms with E-state index in [9.17, 15) is 9.59 Å². The molecule has 5 heteroatoms. The standard InChI is InChI=1S/C16H15ClO4/c1-8-3-11(8)16(19)20-7-10-5-15(18)21-14-4-9(2)13(17)6-12(10)14/h4-6,8,11H,3,7H2,1-2H3/t8-,11+/m0/s1. The third-order valence-corrected chi connectivity index (χ3v) is 4.30. The number of rotatable bonds is 3. The molecule has 1 saturated carbocycles. The van der Waals surface area contributed by atoms with Crippen molar-refractivity contribution in [3.8, 4) is 0 Å². The quantitative estimate of drug-likeness (QED) is 0.644. The van der Waals surface area contributed by atoms with Gasteiger partial charge < -0.3 is 9.15 Å². The van der Waals surface area contributed by atoms with Crippen LogP contribution in [0.1, 0.15) is 24.5 Å². The lowest BCUT2D eigenvalue weighted by atomic mass is 10.1. The minimum absolute atomic E-state index is 0.00205. The molecule has 0 bridgehead atoms. The van der Waals surface area contributed by atoms with E-state index in [1.807, 2.05) is 13.8 Å². The maximum Gasteiger partial charge on any atom is 0.336 e. The lowest BCUT2D eigenvalue weighted by Crippen LogP contribution is -2.09. The first-order chi connectivity index (χ1) is 9.95. The molecule has 2 aromatic rings. The first kappa shape index (κ1) is 14.1. The molecule has 1 aromatic carbocycles. The van der Waals surface area contributed by atoms with Crippen LogP contribution in [0.3, 0.4) is 0 Å². The van der Waals surface area contributed by atoms with E-state index in [4.69, 9.17) is 20.8 Å². The maximum atomic E-state index is 11.8. The lowest BCUT2D eigenvalue weighted by Gasteiger charge is -2.08. The number of ether oxygens (including phenoxy) is 1. The fourth-order valence-corrected chi connectivity index (χ4v) is 2.54. The molecule has 0 saturated heterocycles. The normalized spacial score (nSPS) is 20.5. The van der Waals surface area contributed by atoms with E-state index < -0.39 is 5.63 Å². The molecule has 1 aromatic heterocycles. The number of aryl methyl sites for hydroxylation is 1. The maximum absolute atomic E-state index is 11.8. The van der Waals surface area contributed by atoms with Crippen LogP contribution < -0.4 is 5.63 Å². The first-order valence-electron chi connectivity index (χ1n) is 6.85. The SMILES string of the molecule is Cc1cc2oc(=O)cc(COC(=O)[C@@H]3C[C@@H]3C)c2cc1Cl. The molecule has 1 aliphatic carbocycles. The summed E-state index contributed by atoms with van der Waals surface area (Å²) in [5.74, 6) is 0.191. The van der Waals surface area contributed by atoms with Crippen LogP contribution in [0.5, 0.6) is 0 Å². The molecule has 1 aliphatic rings. The van der Waals surface area contributed by atoms with Crippen molar-refractivity contribution in [3.63, 3.8) is 0 Å². The molecule has 0 spiro atoms. The van der Waals surface area contributed by atoms with Crippen LogP contribution in [0.15, 0.2) is 27.4 Å². The molecule has 0 amide bonds. The van der Waals surface area contributed by atoms with Gasteiger partial charge in [0, 0.05) is 22.0 Å². The van der Waals surface area contributed by atoms with Crippen molar-refractivity contribution < 1.29 is 13.9 Å². The van der Waals surface area contributed by atoms with Gasteiger partial charge in [-0.1, -0.05) is 18.5 Å². The molecule has 1 fully saturated rings. The molecule has 2 atom stereocenters. The molecule has 4 nitrogen and oxygen atoms in total. The second kappa shape index (κ2) is 5.19. The summed E-state index contributed by atoms with van der Waals surface area (Å²) >= 11 is 6.11. The van der Waals surface area contributed by atoms with Gasteiger partial charge >= 0.3 is 11.6 Å². The largest absolute Gasteiger partial charge is 0.461 e. The summed E-state index contributed by atoms with van der Waals surface area (Å²) in [5, 5.41) is 1.28. The van der Waals surface area contributed by atoms with Gasteiger partial charge in [0.15, 0.2) is 0 Å². The van der Waals surface area contributed by atoms with Crippen molar-refractivity contribution in [2.75, 3.05) is 0 Å². The number of hydrogen-bond acceptors (Lipinski definition) is 4. The number of benzene rings is 1. The van der Waals surface area contributed by atoms with Gasteiger partial charge in [-0.15, -0.1) is 0 Å². The zero-order valence-electron chi connectivity index (χ0n) is 11.8. The molecule has 0 radical (unpaired) electrons. The number of carbonyl (C=O) groups excluding carboxylic acids is 1. The van der Waals surface area contributed by atoms with Crippen molar-refractivity contribution in [3.05, 3.63) is 44.8 Å². The summed E-state index contributed by atoms with van der Waals surface area (Å²) in [6, 6.07) is 4.79. The summed E-state index contributed by atoms with van der Waals surface area (Å²) in [6.07, 6.45) is 0.877. The zero-order valence-corrected chi connectivity index (χ0v) is 12.6. The van der Waals surface area contributed by atoms with E-state index >= 15 is 0 Å². The van der Waals surface area contributed by atoms with Crippen LogP contribution >= 0.6 is 11.6 Å². The van der Waals surface area contributed by atoms with Crippen molar-refractivity contribution in [1.29, 1.82) is 0 Å². The summed E-state index contributed by atoms with van der Waals surface area (Å²) in [6.45, 7) is 3.91. The third kappa shape index (κ3) is 2.81. The van der Waals surface area contributed by atoms with E-state index in [1.54, 1.807) is 12.1 Å². The molecular weight excluding hydrogens is 292 g/mol. The Kier molecular flexibility index (Phi) is 3.49. The Labute approximate surface area is 126 Å². The Morgan fingerprint density at radius 3 is 2.81 bits per heavy atom. The lowest BCUT2D eigenvalue weighted by molar-refractivity contribution is -0.146. The second-order valence-corrected chi connectivity index (χ2v) is 6.02. The van der Waals surface area contributed by atoms with Gasteiger partial charge in [0.2, 0.25) is 0 Å². The predicted molar refractivity (Wildman–Crippen MR) is 79.3 cm³/mol. The van der Waals surface area contributed by atoms with Crippen LogP contribution in [-0.4, -0.2) is 5.97 Å². The van der Waals surface area contributed by atoms with E-state index in [0.717, 1.165) is 12.0 Å². The highest BCUT2D eigenvalue weighted by atomic mass is 35.5. The molecule has 0 N–H and O–H groups in total. The van der Waals surface area contributed by atoms with Crippen LogP contribution in [0.2, 0.25) is 5.02 Å². The molecule has 21 heavy (non-hydrogen) atoms. The molecule has 0 aliphatic heterocycles. The molecule has 0 unspecified atom stereocenters. The van der Waals surface area contributed by atoms with E-state index in [0.29, 0.717) is 27.5 Å². The van der Waals surface area contributed by atoms with Crippen molar-refractivity contribution in [2.24, 2.45) is 11.8 Å². The minimum Gasteiger partial charge on any atom is -0.461 e. The van der Waals surface area contributed by atoms with Gasteiger partial charge in [-0.2, -0.15) is 0 Å². The van der Waals surface area contributed by atoms with Gasteiger partial charge in [-0.25, -0.2) is 4.79 Å². The van der Waals surface area contributed by atoms with Gasteiger partial charge in [0.25, 0.3) is 0 Å². The highest BCUT2D eigenvalue weighted by molar-refractivity contribution is 6.32. The third-order valence-electron chi connectivity index (χ3n) is 3.89. The van der Waals surface area contributed by atoms with Gasteiger partial charge in [-0.3, -0.25) is 4.79 Å². The van der Waals surface area contributed by atoms with E-state index in [1.165, 1.54) is 6.07 Å². The summed E-state index contributed by atoms with van der Waals surface area (Å²) in [7, 11) is 0. The monoisotopic (exact) mass is 306 g/mol. The average Bonchev–Trinajstić information content (AvgIpc) is 3.15. The average molecular weight is 307 g/mol. The Balaban J connectivity index is 1.92. The van der Waals surface area contributed by atoms with Crippen LogP contribution in [0.25, 0.3) is 11.0 Å². The van der Waals surface area contributed by atoms with Gasteiger partial charge in [0.05, 0.1) is 5.92 Å². The summed E-state index contributed by atoms with van der Waals surface area (Å²) in [4.78, 5) is 23.4. The summed E-state index contributed by atoms with van der Waals surface area (Å²) in [5.41, 5.74) is 1.43. The molecule has 110 valence electrons. The van der Waals surface area contributed by atoms with Gasteiger partial charge in [0.1, 0.15) is 12.2 Å². The van der Waals surface area contributed by atoms with Crippen LogP contribution in [0, 0.1) is 18.8 Å². The van der Waals surface area contributed by atoms with Crippen LogP contribution in [-0.2, 0) is 16.1 Å². The number of carbonyl (C=O) groups is 1. The Morgan fingerprint density at radius 2 is 2.14 bits per heavy atom. The zero-order chi connectivity index (χ0) is 15.1. The highest BCUT2D eigenvalue weighted by Gasteiger charge is 2.40. The van der Waals surface area contributed by atoms with Crippen molar-refractivity contribution in [1.82, 2.24) is 0 Å². The number of halogens is 1. The Bertz CT molecular complexity index is 778. The molecule has 1 heterocycles. The van der Waals surface area contributed by atoms with Crippen molar-refractivity contribution in [2.45, 2.75) is 26.9 Å². The molecule has 3 rings (SSSR count). The summed E-state index contributed by atoms with van der Waals surface area (Å²) < 4.78 is 10.5. The first-order valence-corrected chi connectivity index (χ1v) is 7.23. The second-order valence-electron chi connectivity index (χ2n) is 5.62. The van der Waals surface area contributed by atoms with E-state index in [-0.39, 0.29) is 18.5 Å². The smallest absolute Gasteiger partial charge is 0.336 e. The van der Waals surface area contributed by atoms with Crippen LogP contribution in [0.4, 0.5) is 0 Å². The Morgan fingerprint density at radius 1 is 1.43 bits per heavy atom. The van der Waals surface area contributed by atoms with E-state index in [2.05, 4.69) is 0 Å². The highest BCUT2D eigenvalue weighted by Crippen LogP contribution is 2.38. The minimum atomic E-state index is -0.463. The number of esters is 1. The predicted octanol–water partition coefficient (Wildman–Crippen LogP) is 3.45. The van der Waals surface area contributed by atoms with Gasteiger partial charge in [-0.05, 0) is 37.0 Å². The number of fused-ring (bicyclic) bond motifs is 1. The molecular formula is C16H15ClO4. The van der Waals surface area contributed by atoms with Crippen molar-refractivity contribution >= 4 is 28.5 Å².